The molecule has 4 N–H and O–H groups in total. The largest absolute Gasteiger partial charge is 0.400 e. The quantitative estimate of drug-likeness (QED) is 0.389. The molecule has 0 amide bonds. The van der Waals surface area contributed by atoms with Gasteiger partial charge in [0.2, 0.25) is 0 Å². The van der Waals surface area contributed by atoms with Gasteiger partial charge in [-0.25, -0.2) is 0 Å². The molecule has 0 saturated carbocycles. The third-order valence-corrected chi connectivity index (χ3v) is 2.25. The lowest BCUT2D eigenvalue weighted by atomic mass is 10.4. The lowest BCUT2D eigenvalue weighted by molar-refractivity contribution is 0.0671. The van der Waals surface area contributed by atoms with E-state index >= 15 is 0 Å². The molecule has 24 heavy (non-hydrogen) atoms. The first kappa shape index (κ1) is 31.4. The van der Waals surface area contributed by atoms with Gasteiger partial charge in [0.05, 0.1) is 26.4 Å². The molecular formula is C16H42N2O6. The van der Waals surface area contributed by atoms with E-state index in [0.29, 0.717) is 33.0 Å². The molecule has 0 aromatic heterocycles. The first-order valence-electron chi connectivity index (χ1n) is 8.06. The summed E-state index contributed by atoms with van der Waals surface area (Å²) in [5, 5.41) is 14.0. The molecule has 0 unspecified atom stereocenters. The third-order valence-electron chi connectivity index (χ3n) is 2.25. The fourth-order valence-electron chi connectivity index (χ4n) is 1.16. The Kier molecular flexibility index (Phi) is 50.2. The molecule has 0 atom stereocenters. The summed E-state index contributed by atoms with van der Waals surface area (Å²) in [5.74, 6) is 0. The van der Waals surface area contributed by atoms with Gasteiger partial charge in [-0.2, -0.15) is 0 Å². The molecule has 0 aliphatic carbocycles. The number of ether oxygens (including phenoxy) is 4. The van der Waals surface area contributed by atoms with Crippen molar-refractivity contribution in [2.75, 3.05) is 95.3 Å². The lowest BCUT2D eigenvalue weighted by Gasteiger charge is -2.08. The second-order valence-electron chi connectivity index (χ2n) is 4.51. The van der Waals surface area contributed by atoms with Gasteiger partial charge in [-0.15, -0.1) is 0 Å². The molecule has 0 aromatic carbocycles. The zero-order valence-corrected chi connectivity index (χ0v) is 16.6. The average Bonchev–Trinajstić information content (AvgIpc) is 2.62. The molecule has 0 saturated heterocycles. The van der Waals surface area contributed by atoms with Gasteiger partial charge in [0.15, 0.2) is 0 Å². The summed E-state index contributed by atoms with van der Waals surface area (Å²) in [5.41, 5.74) is 5.23. The van der Waals surface area contributed by atoms with Crippen molar-refractivity contribution in [3.63, 3.8) is 0 Å². The van der Waals surface area contributed by atoms with Crippen LogP contribution in [0.1, 0.15) is 12.8 Å². The number of aliphatic hydroxyl groups is 2. The second kappa shape index (κ2) is 38.3. The van der Waals surface area contributed by atoms with E-state index in [2.05, 4.69) is 19.0 Å². The summed E-state index contributed by atoms with van der Waals surface area (Å²) in [6.07, 6.45) is 2.03. The van der Waals surface area contributed by atoms with Crippen LogP contribution in [0.2, 0.25) is 0 Å². The fraction of sp³-hybridized carbons (Fsp3) is 1.00. The van der Waals surface area contributed by atoms with E-state index in [1.807, 2.05) is 0 Å². The van der Waals surface area contributed by atoms with Crippen LogP contribution in [0.15, 0.2) is 0 Å². The van der Waals surface area contributed by atoms with Crippen LogP contribution in [0.5, 0.6) is 0 Å². The molecular weight excluding hydrogens is 316 g/mol. The van der Waals surface area contributed by atoms with Crippen molar-refractivity contribution in [1.82, 2.24) is 4.90 Å². The van der Waals surface area contributed by atoms with Crippen LogP contribution in [0.4, 0.5) is 0 Å². The highest BCUT2D eigenvalue weighted by Crippen LogP contribution is 1.85. The van der Waals surface area contributed by atoms with Crippen molar-refractivity contribution in [3.8, 4) is 0 Å². The first-order chi connectivity index (χ1) is 11.7. The van der Waals surface area contributed by atoms with Gasteiger partial charge < -0.3 is 39.8 Å². The maximum absolute atomic E-state index is 7.00. The van der Waals surface area contributed by atoms with E-state index in [0.717, 1.165) is 46.8 Å². The molecule has 0 bridgehead atoms. The van der Waals surface area contributed by atoms with Crippen LogP contribution >= 0.6 is 0 Å². The van der Waals surface area contributed by atoms with E-state index in [1.165, 1.54) is 0 Å². The zero-order valence-electron chi connectivity index (χ0n) is 16.6. The van der Waals surface area contributed by atoms with E-state index in [-0.39, 0.29) is 0 Å². The van der Waals surface area contributed by atoms with Crippen LogP contribution in [0, 0.1) is 0 Å². The Bertz CT molecular complexity index is 160. The molecule has 8 heteroatoms. The van der Waals surface area contributed by atoms with Crippen LogP contribution in [-0.2, 0) is 18.9 Å². The number of nitrogens with two attached hydrogens (primary N) is 1. The Morgan fingerprint density at radius 3 is 1.46 bits per heavy atom. The smallest absolute Gasteiger partial charge is 0.0700 e. The minimum absolute atomic E-state index is 0.671. The Labute approximate surface area is 148 Å². The molecule has 0 aliphatic heterocycles. The minimum Gasteiger partial charge on any atom is -0.400 e. The number of rotatable bonds is 13. The van der Waals surface area contributed by atoms with Crippen molar-refractivity contribution in [2.24, 2.45) is 5.73 Å². The molecule has 0 spiro atoms. The first-order valence-corrected chi connectivity index (χ1v) is 8.06. The van der Waals surface area contributed by atoms with Crippen LogP contribution in [0.3, 0.4) is 0 Å². The van der Waals surface area contributed by atoms with Gasteiger partial charge in [0.25, 0.3) is 0 Å². The van der Waals surface area contributed by atoms with Crippen molar-refractivity contribution in [3.05, 3.63) is 0 Å². The third kappa shape index (κ3) is 49.5. The van der Waals surface area contributed by atoms with Crippen LogP contribution in [-0.4, -0.2) is 110 Å². The van der Waals surface area contributed by atoms with E-state index in [9.17, 15) is 0 Å². The van der Waals surface area contributed by atoms with Crippen molar-refractivity contribution < 1.29 is 29.2 Å². The van der Waals surface area contributed by atoms with E-state index < -0.39 is 0 Å². The molecule has 0 heterocycles. The molecule has 0 aromatic rings. The number of hydrogen-bond acceptors (Lipinski definition) is 8. The van der Waals surface area contributed by atoms with Gasteiger partial charge in [-0.1, -0.05) is 0 Å². The highest BCUT2D eigenvalue weighted by atomic mass is 16.5. The number of hydrogen-bond donors (Lipinski definition) is 3. The summed E-state index contributed by atoms with van der Waals surface area (Å²) < 4.78 is 20.0. The van der Waals surface area contributed by atoms with Crippen LogP contribution < -0.4 is 5.73 Å². The van der Waals surface area contributed by atoms with Crippen molar-refractivity contribution in [1.29, 1.82) is 0 Å². The monoisotopic (exact) mass is 358 g/mol. The summed E-state index contributed by atoms with van der Waals surface area (Å²) in [4.78, 5) is 2.15. The molecule has 8 nitrogen and oxygen atoms in total. The molecule has 0 aliphatic rings. The predicted octanol–water partition coefficient (Wildman–Crippen LogP) is -0.184. The average molecular weight is 359 g/mol. The standard InChI is InChI=1S/C8H19NO2.C6H15NO2.2CH4O/c1-9(2)5-4-6-11-8-7-10-3;1-8-5-6-9-4-2-3-7;2*1-2/h4-8H2,1-3H3;2-7H2,1H3;2*2H,1H3. The molecule has 0 rings (SSSR count). The molecule has 152 valence electrons. The summed E-state index contributed by atoms with van der Waals surface area (Å²) in [6, 6.07) is 0. The maximum atomic E-state index is 7.00. The SMILES string of the molecule is CO.CO.COCCOCCCN.COCCOCCCN(C)C. The van der Waals surface area contributed by atoms with Gasteiger partial charge in [0, 0.05) is 41.7 Å². The van der Waals surface area contributed by atoms with Gasteiger partial charge in [0.1, 0.15) is 0 Å². The van der Waals surface area contributed by atoms with Crippen molar-refractivity contribution >= 4 is 0 Å². The highest BCUT2D eigenvalue weighted by Gasteiger charge is 1.90. The summed E-state index contributed by atoms with van der Waals surface area (Å²) in [6.45, 7) is 6.13. The highest BCUT2D eigenvalue weighted by molar-refractivity contribution is 4.42. The van der Waals surface area contributed by atoms with Gasteiger partial charge in [-0.3, -0.25) is 0 Å². The number of methoxy groups -OCH3 is 2. The maximum Gasteiger partial charge on any atom is 0.0700 e. The predicted molar refractivity (Wildman–Crippen MR) is 98.5 cm³/mol. The van der Waals surface area contributed by atoms with Gasteiger partial charge >= 0.3 is 0 Å². The molecule has 0 radical (unpaired) electrons. The van der Waals surface area contributed by atoms with Crippen molar-refractivity contribution in [2.45, 2.75) is 12.8 Å². The zero-order chi connectivity index (χ0) is 19.5. The fourth-order valence-corrected chi connectivity index (χ4v) is 1.16. The van der Waals surface area contributed by atoms with E-state index in [4.69, 9.17) is 34.9 Å². The Balaban J connectivity index is -0.000000139. The van der Waals surface area contributed by atoms with E-state index in [1.54, 1.807) is 14.2 Å². The Morgan fingerprint density at radius 1 is 0.708 bits per heavy atom. The topological polar surface area (TPSA) is 107 Å². The Morgan fingerprint density at radius 2 is 1.12 bits per heavy atom. The summed E-state index contributed by atoms with van der Waals surface area (Å²) >= 11 is 0. The van der Waals surface area contributed by atoms with Gasteiger partial charge in [-0.05, 0) is 40.0 Å². The normalized spacial score (nSPS) is 9.25. The summed E-state index contributed by atoms with van der Waals surface area (Å²) in [7, 11) is 9.47. The Hall–Kier alpha value is -0.320. The molecule has 0 fully saturated rings. The lowest BCUT2D eigenvalue weighted by Crippen LogP contribution is -2.15. The minimum atomic E-state index is 0.671. The van der Waals surface area contributed by atoms with Crippen LogP contribution in [0.25, 0.3) is 0 Å². The second-order valence-corrected chi connectivity index (χ2v) is 4.51. The number of nitrogens with zero attached hydrogens (tertiary/aromatic N) is 1. The number of aliphatic hydroxyl groups excluding tert-OH is 2.